The molecule has 0 aliphatic rings. The monoisotopic (exact) mass is 221 g/mol. The van der Waals surface area contributed by atoms with Gasteiger partial charge in [-0.15, -0.1) is 0 Å². The molecule has 0 aliphatic heterocycles. The van der Waals surface area contributed by atoms with E-state index in [0.717, 1.165) is 6.54 Å². The minimum Gasteiger partial charge on any atom is -0.294 e. The summed E-state index contributed by atoms with van der Waals surface area (Å²) in [7, 11) is 0. The van der Waals surface area contributed by atoms with Crippen molar-refractivity contribution in [3.8, 4) is 0 Å². The molecule has 0 fully saturated rings. The average molecular weight is 221 g/mol. The van der Waals surface area contributed by atoms with Crippen LogP contribution in [0, 0.1) is 6.92 Å². The minimum absolute atomic E-state index is 0. The first-order valence-corrected chi connectivity index (χ1v) is 5.82. The summed E-state index contributed by atoms with van der Waals surface area (Å²) < 4.78 is 0. The topological polar surface area (TPSA) is 3.24 Å². The second-order valence-electron chi connectivity index (χ2n) is 4.85. The van der Waals surface area contributed by atoms with Crippen molar-refractivity contribution in [3.63, 3.8) is 0 Å². The first-order valence-electron chi connectivity index (χ1n) is 5.82. The number of aryl methyl sites for hydroxylation is 1. The summed E-state index contributed by atoms with van der Waals surface area (Å²) in [5.41, 5.74) is 2.74. The van der Waals surface area contributed by atoms with E-state index in [1.165, 1.54) is 11.1 Å². The maximum absolute atomic E-state index is 2.50. The van der Waals surface area contributed by atoms with Crippen LogP contribution in [0.15, 0.2) is 24.3 Å². The predicted molar refractivity (Wildman–Crippen MR) is 73.7 cm³/mol. The molecular formula is C15H27N. The molecular weight excluding hydrogens is 194 g/mol. The van der Waals surface area contributed by atoms with E-state index in [9.17, 15) is 0 Å². The van der Waals surface area contributed by atoms with Crippen LogP contribution in [0.3, 0.4) is 0 Å². The van der Waals surface area contributed by atoms with E-state index in [2.05, 4.69) is 63.8 Å². The fourth-order valence-corrected chi connectivity index (χ4v) is 1.87. The van der Waals surface area contributed by atoms with Gasteiger partial charge in [0.25, 0.3) is 0 Å². The van der Waals surface area contributed by atoms with E-state index in [-0.39, 0.29) is 7.43 Å². The number of hydrogen-bond donors (Lipinski definition) is 0. The highest BCUT2D eigenvalue weighted by atomic mass is 15.2. The van der Waals surface area contributed by atoms with Crippen molar-refractivity contribution >= 4 is 0 Å². The molecule has 0 atom stereocenters. The van der Waals surface area contributed by atoms with Gasteiger partial charge >= 0.3 is 0 Å². The molecule has 1 aromatic rings. The van der Waals surface area contributed by atoms with Crippen LogP contribution in [0.1, 0.15) is 46.2 Å². The third-order valence-electron chi connectivity index (χ3n) is 2.81. The molecule has 16 heavy (non-hydrogen) atoms. The highest BCUT2D eigenvalue weighted by molar-refractivity contribution is 5.21. The van der Waals surface area contributed by atoms with Gasteiger partial charge in [-0.05, 0) is 40.2 Å². The maximum atomic E-state index is 2.50. The molecule has 0 saturated heterocycles. The summed E-state index contributed by atoms with van der Waals surface area (Å²) in [4.78, 5) is 2.50. The van der Waals surface area contributed by atoms with Gasteiger partial charge in [-0.2, -0.15) is 0 Å². The summed E-state index contributed by atoms with van der Waals surface area (Å²) in [5.74, 6) is 0. The molecule has 0 radical (unpaired) electrons. The van der Waals surface area contributed by atoms with Crippen molar-refractivity contribution in [2.45, 2.75) is 60.7 Å². The maximum Gasteiger partial charge on any atom is 0.0239 e. The summed E-state index contributed by atoms with van der Waals surface area (Å²) in [6, 6.07) is 10.0. The first kappa shape index (κ1) is 15.2. The molecule has 0 spiro atoms. The smallest absolute Gasteiger partial charge is 0.0239 e. The molecule has 0 aromatic heterocycles. The van der Waals surface area contributed by atoms with Crippen LogP contribution in [0.2, 0.25) is 0 Å². The fraction of sp³-hybridized carbons (Fsp3) is 0.600. The first-order chi connectivity index (χ1) is 7.00. The third-order valence-corrected chi connectivity index (χ3v) is 2.81. The highest BCUT2D eigenvalue weighted by Crippen LogP contribution is 2.12. The lowest BCUT2D eigenvalue weighted by Crippen LogP contribution is -2.36. The Labute approximate surface area is 101 Å². The lowest BCUT2D eigenvalue weighted by Gasteiger charge is -2.30. The minimum atomic E-state index is 0. The quantitative estimate of drug-likeness (QED) is 0.734. The fourth-order valence-electron chi connectivity index (χ4n) is 1.87. The number of benzene rings is 1. The lowest BCUT2D eigenvalue weighted by atomic mass is 10.1. The molecule has 1 heteroatoms. The van der Waals surface area contributed by atoms with Crippen LogP contribution in [0.4, 0.5) is 0 Å². The Kier molecular flexibility index (Phi) is 6.35. The van der Waals surface area contributed by atoms with E-state index in [4.69, 9.17) is 0 Å². The predicted octanol–water partition coefficient (Wildman–Crippen LogP) is 4.25. The summed E-state index contributed by atoms with van der Waals surface area (Å²) in [6.07, 6.45) is 0. The third kappa shape index (κ3) is 4.36. The molecule has 0 bridgehead atoms. The molecule has 0 heterocycles. The van der Waals surface area contributed by atoms with Crippen LogP contribution in [0.25, 0.3) is 0 Å². The molecule has 0 saturated carbocycles. The van der Waals surface area contributed by atoms with Crippen molar-refractivity contribution in [3.05, 3.63) is 35.4 Å². The van der Waals surface area contributed by atoms with Crippen molar-refractivity contribution < 1.29 is 0 Å². The van der Waals surface area contributed by atoms with Gasteiger partial charge in [-0.3, -0.25) is 4.90 Å². The van der Waals surface area contributed by atoms with Crippen molar-refractivity contribution in [2.24, 2.45) is 0 Å². The van der Waals surface area contributed by atoms with E-state index < -0.39 is 0 Å². The van der Waals surface area contributed by atoms with E-state index in [0.29, 0.717) is 12.1 Å². The Morgan fingerprint density at radius 1 is 0.938 bits per heavy atom. The highest BCUT2D eigenvalue weighted by Gasteiger charge is 2.13. The van der Waals surface area contributed by atoms with E-state index in [1.807, 2.05) is 0 Å². The molecule has 1 rings (SSSR count). The van der Waals surface area contributed by atoms with Crippen molar-refractivity contribution in [1.82, 2.24) is 4.90 Å². The lowest BCUT2D eigenvalue weighted by molar-refractivity contribution is 0.166. The summed E-state index contributed by atoms with van der Waals surface area (Å²) in [5, 5.41) is 0. The zero-order chi connectivity index (χ0) is 11.4. The molecule has 0 aliphatic carbocycles. The summed E-state index contributed by atoms with van der Waals surface area (Å²) in [6.45, 7) is 12.2. The van der Waals surface area contributed by atoms with Gasteiger partial charge in [0, 0.05) is 18.6 Å². The largest absolute Gasteiger partial charge is 0.294 e. The Balaban J connectivity index is 0.00000225. The second-order valence-corrected chi connectivity index (χ2v) is 4.85. The average Bonchev–Trinajstić information content (AvgIpc) is 2.15. The van der Waals surface area contributed by atoms with Gasteiger partial charge in [0.15, 0.2) is 0 Å². The van der Waals surface area contributed by atoms with Crippen molar-refractivity contribution in [1.29, 1.82) is 0 Å². The Morgan fingerprint density at radius 3 is 1.75 bits per heavy atom. The SMILES string of the molecule is C.Cc1ccc(CN(C(C)C)C(C)C)cc1. The van der Waals surface area contributed by atoms with Crippen LogP contribution in [-0.4, -0.2) is 17.0 Å². The Bertz CT molecular complexity index is 277. The van der Waals surface area contributed by atoms with Gasteiger partial charge in [0.05, 0.1) is 0 Å². The number of rotatable bonds is 4. The zero-order valence-corrected chi connectivity index (χ0v) is 10.6. The molecule has 92 valence electrons. The molecule has 1 aromatic carbocycles. The Morgan fingerprint density at radius 2 is 1.38 bits per heavy atom. The van der Waals surface area contributed by atoms with Crippen LogP contribution < -0.4 is 0 Å². The second kappa shape index (κ2) is 6.70. The zero-order valence-electron chi connectivity index (χ0n) is 10.6. The van der Waals surface area contributed by atoms with Crippen LogP contribution in [0.5, 0.6) is 0 Å². The van der Waals surface area contributed by atoms with Crippen molar-refractivity contribution in [2.75, 3.05) is 0 Å². The van der Waals surface area contributed by atoms with Crippen LogP contribution in [-0.2, 0) is 6.54 Å². The van der Waals surface area contributed by atoms with E-state index in [1.54, 1.807) is 0 Å². The number of hydrogen-bond acceptors (Lipinski definition) is 1. The summed E-state index contributed by atoms with van der Waals surface area (Å²) >= 11 is 0. The number of nitrogens with zero attached hydrogens (tertiary/aromatic N) is 1. The molecule has 0 amide bonds. The standard InChI is InChI=1S/C14H23N.CH4/c1-11(2)15(12(3)4)10-14-8-6-13(5)7-9-14;/h6-9,11-12H,10H2,1-5H3;1H4. The van der Waals surface area contributed by atoms with E-state index >= 15 is 0 Å². The van der Waals surface area contributed by atoms with Gasteiger partial charge in [0.2, 0.25) is 0 Å². The van der Waals surface area contributed by atoms with Crippen LogP contribution >= 0.6 is 0 Å². The van der Waals surface area contributed by atoms with Gasteiger partial charge in [-0.25, -0.2) is 0 Å². The molecule has 1 nitrogen and oxygen atoms in total. The van der Waals surface area contributed by atoms with Gasteiger partial charge in [-0.1, -0.05) is 37.3 Å². The van der Waals surface area contributed by atoms with Gasteiger partial charge in [0.1, 0.15) is 0 Å². The van der Waals surface area contributed by atoms with Gasteiger partial charge < -0.3 is 0 Å². The Hall–Kier alpha value is -0.820. The molecule has 0 N–H and O–H groups in total. The molecule has 0 unspecified atom stereocenters. The normalized spacial score (nSPS) is 11.0.